The average Bonchev–Trinajstić information content (AvgIpc) is 2.99. The van der Waals surface area contributed by atoms with E-state index < -0.39 is 12.1 Å². The molecule has 0 spiro atoms. The first-order chi connectivity index (χ1) is 20.9. The van der Waals surface area contributed by atoms with E-state index >= 15 is 0 Å². The molecule has 0 saturated heterocycles. The fourth-order valence-electron chi connectivity index (χ4n) is 4.39. The van der Waals surface area contributed by atoms with Crippen molar-refractivity contribution >= 4 is 5.97 Å². The number of benzene rings is 1. The number of allylic oxidation sites excluding steroid dienone is 8. The summed E-state index contributed by atoms with van der Waals surface area (Å²) in [7, 11) is 4.53. The molecule has 0 aliphatic rings. The van der Waals surface area contributed by atoms with Crippen LogP contribution >= 0.6 is 0 Å². The Balaban J connectivity index is 2.44. The summed E-state index contributed by atoms with van der Waals surface area (Å²) in [5, 5.41) is 0. The maximum atomic E-state index is 12.2. The molecule has 0 aliphatic carbocycles. The van der Waals surface area contributed by atoms with Crippen molar-refractivity contribution in [3.8, 4) is 11.5 Å². The van der Waals surface area contributed by atoms with Gasteiger partial charge in [-0.3, -0.25) is 0 Å². The van der Waals surface area contributed by atoms with Crippen LogP contribution in [-0.4, -0.2) is 46.6 Å². The Labute approximate surface area is 267 Å². The Morgan fingerprint density at radius 1 is 0.909 bits per heavy atom. The zero-order valence-electron chi connectivity index (χ0n) is 28.9. The normalized spacial score (nSPS) is 13.1. The second-order valence-corrected chi connectivity index (χ2v) is 12.4. The molecule has 0 saturated carbocycles. The number of esters is 1. The van der Waals surface area contributed by atoms with E-state index in [-0.39, 0.29) is 12.0 Å². The van der Waals surface area contributed by atoms with Crippen molar-refractivity contribution in [2.75, 3.05) is 34.5 Å². The molecule has 6 heteroatoms. The fraction of sp³-hybridized carbons (Fsp3) is 0.553. The molecule has 0 amide bonds. The summed E-state index contributed by atoms with van der Waals surface area (Å²) in [6.45, 7) is 18.2. The molecule has 0 unspecified atom stereocenters. The maximum absolute atomic E-state index is 12.2. The van der Waals surface area contributed by atoms with Crippen LogP contribution in [0.3, 0.4) is 0 Å². The minimum atomic E-state index is -0.804. The highest BCUT2D eigenvalue weighted by atomic mass is 16.6. The molecule has 6 nitrogen and oxygen atoms in total. The molecular formula is C38H58O6. The molecule has 0 aliphatic heterocycles. The quantitative estimate of drug-likeness (QED) is 0.0962. The molecule has 0 aromatic heterocycles. The topological polar surface area (TPSA) is 63.2 Å². The average molecular weight is 611 g/mol. The number of carbonyl (C=O) groups is 1. The molecule has 0 N–H and O–H groups in total. The Kier molecular flexibility index (Phi) is 19.1. The number of hydrogen-bond acceptors (Lipinski definition) is 6. The van der Waals surface area contributed by atoms with Crippen LogP contribution in [0.5, 0.6) is 11.5 Å². The predicted octanol–water partition coefficient (Wildman–Crippen LogP) is 9.51. The third-order valence-corrected chi connectivity index (χ3v) is 7.41. The number of ether oxygens (including phenoxy) is 5. The Hall–Kier alpha value is -3.09. The zero-order chi connectivity index (χ0) is 33.0. The summed E-state index contributed by atoms with van der Waals surface area (Å²) in [5.74, 6) is 0.816. The van der Waals surface area contributed by atoms with Gasteiger partial charge < -0.3 is 23.7 Å². The second kappa shape index (κ2) is 21.6. The van der Waals surface area contributed by atoms with Crippen LogP contribution in [0.2, 0.25) is 0 Å². The lowest BCUT2D eigenvalue weighted by molar-refractivity contribution is -0.157. The zero-order valence-corrected chi connectivity index (χ0v) is 28.9. The number of carbonyl (C=O) groups excluding carboxylic acids is 1. The molecule has 0 bridgehead atoms. The Morgan fingerprint density at radius 2 is 1.59 bits per heavy atom. The van der Waals surface area contributed by atoms with E-state index in [9.17, 15) is 4.79 Å². The van der Waals surface area contributed by atoms with Gasteiger partial charge in [0.15, 0.2) is 17.6 Å². The van der Waals surface area contributed by atoms with Gasteiger partial charge >= 0.3 is 5.97 Å². The number of hydrogen-bond donors (Lipinski definition) is 0. The molecule has 0 radical (unpaired) electrons. The van der Waals surface area contributed by atoms with Crippen LogP contribution < -0.4 is 9.47 Å². The fourth-order valence-corrected chi connectivity index (χ4v) is 4.39. The van der Waals surface area contributed by atoms with Gasteiger partial charge in [0.2, 0.25) is 0 Å². The highest BCUT2D eigenvalue weighted by Crippen LogP contribution is 2.29. The van der Waals surface area contributed by atoms with Crippen molar-refractivity contribution in [1.29, 1.82) is 0 Å². The molecule has 1 atom stereocenters. The predicted molar refractivity (Wildman–Crippen MR) is 182 cm³/mol. The van der Waals surface area contributed by atoms with Crippen LogP contribution in [-0.2, 0) is 25.6 Å². The van der Waals surface area contributed by atoms with E-state index in [1.807, 2.05) is 24.3 Å². The second-order valence-electron chi connectivity index (χ2n) is 12.4. The highest BCUT2D eigenvalue weighted by molar-refractivity contribution is 5.74. The minimum absolute atomic E-state index is 0.0876. The van der Waals surface area contributed by atoms with E-state index in [1.165, 1.54) is 29.4 Å². The SMILES string of the molecule is C=C(C/C=C(\C)CCC=C(C)C)CCC(C)(C)/C=C/CC/C(C)=C\CO[C@H](COCc1ccc(OC)c(OC)c1)C(=O)OC. The summed E-state index contributed by atoms with van der Waals surface area (Å²) >= 11 is 0. The third-order valence-electron chi connectivity index (χ3n) is 7.41. The van der Waals surface area contributed by atoms with Gasteiger partial charge in [0.1, 0.15) is 0 Å². The summed E-state index contributed by atoms with van der Waals surface area (Å²) in [6.07, 6.45) is 17.6. The van der Waals surface area contributed by atoms with Gasteiger partial charge in [-0.1, -0.05) is 79.2 Å². The largest absolute Gasteiger partial charge is 0.493 e. The Morgan fingerprint density at radius 3 is 2.25 bits per heavy atom. The van der Waals surface area contributed by atoms with Gasteiger partial charge in [0.05, 0.1) is 41.2 Å². The van der Waals surface area contributed by atoms with Gasteiger partial charge in [-0.05, 0) is 95.8 Å². The van der Waals surface area contributed by atoms with E-state index in [4.69, 9.17) is 23.7 Å². The van der Waals surface area contributed by atoms with Crippen molar-refractivity contribution < 1.29 is 28.5 Å². The maximum Gasteiger partial charge on any atom is 0.337 e. The van der Waals surface area contributed by atoms with Crippen molar-refractivity contribution in [1.82, 2.24) is 0 Å². The Bertz CT molecular complexity index is 1130. The van der Waals surface area contributed by atoms with E-state index in [0.29, 0.717) is 24.7 Å². The third kappa shape index (κ3) is 17.3. The molecule has 44 heavy (non-hydrogen) atoms. The van der Waals surface area contributed by atoms with E-state index in [2.05, 4.69) is 72.4 Å². The summed E-state index contributed by atoms with van der Waals surface area (Å²) in [4.78, 5) is 12.2. The molecule has 1 aromatic rings. The summed E-state index contributed by atoms with van der Waals surface area (Å²) in [5.41, 5.74) is 6.35. The monoisotopic (exact) mass is 610 g/mol. The molecule has 0 fully saturated rings. The standard InChI is InChI=1S/C38H58O6/c1-29(2)14-13-16-30(3)17-18-32(5)21-24-38(6,7)23-12-11-15-31(4)22-25-44-36(37(39)42-10)28-43-27-33-19-20-34(40-8)35(26-33)41-9/h12,14,17,19-20,22-23,26,36H,5,11,13,15-16,18,21,24-25,27-28H2,1-4,6-10H3/b23-12+,30-17+,31-22-/t36-/m1/s1. The van der Waals surface area contributed by atoms with Gasteiger partial charge in [0, 0.05) is 0 Å². The minimum Gasteiger partial charge on any atom is -0.493 e. The molecule has 1 rings (SSSR count). The van der Waals surface area contributed by atoms with Gasteiger partial charge in [0.25, 0.3) is 0 Å². The van der Waals surface area contributed by atoms with Crippen LogP contribution in [0.15, 0.2) is 77.5 Å². The van der Waals surface area contributed by atoms with Crippen LogP contribution in [0.1, 0.15) is 92.1 Å². The first-order valence-electron chi connectivity index (χ1n) is 15.7. The molecular weight excluding hydrogens is 552 g/mol. The lowest BCUT2D eigenvalue weighted by Crippen LogP contribution is -2.30. The lowest BCUT2D eigenvalue weighted by atomic mass is 9.85. The van der Waals surface area contributed by atoms with Crippen molar-refractivity contribution in [2.24, 2.45) is 5.41 Å². The number of rotatable bonds is 22. The van der Waals surface area contributed by atoms with E-state index in [0.717, 1.165) is 50.5 Å². The smallest absolute Gasteiger partial charge is 0.337 e. The van der Waals surface area contributed by atoms with Crippen LogP contribution in [0, 0.1) is 5.41 Å². The summed E-state index contributed by atoms with van der Waals surface area (Å²) < 4.78 is 27.1. The molecule has 1 aromatic carbocycles. The first-order valence-corrected chi connectivity index (χ1v) is 15.7. The van der Waals surface area contributed by atoms with Gasteiger partial charge in [-0.25, -0.2) is 4.79 Å². The van der Waals surface area contributed by atoms with Gasteiger partial charge in [-0.2, -0.15) is 0 Å². The molecule has 246 valence electrons. The first kappa shape index (κ1) is 38.9. The van der Waals surface area contributed by atoms with Gasteiger partial charge in [-0.15, -0.1) is 0 Å². The van der Waals surface area contributed by atoms with E-state index in [1.54, 1.807) is 14.2 Å². The molecule has 0 heterocycles. The summed E-state index contributed by atoms with van der Waals surface area (Å²) in [6, 6.07) is 5.56. The highest BCUT2D eigenvalue weighted by Gasteiger charge is 2.20. The van der Waals surface area contributed by atoms with Crippen LogP contribution in [0.25, 0.3) is 0 Å². The van der Waals surface area contributed by atoms with Crippen molar-refractivity contribution in [3.05, 3.63) is 83.0 Å². The number of methoxy groups -OCH3 is 3. The van der Waals surface area contributed by atoms with Crippen molar-refractivity contribution in [2.45, 2.75) is 99.2 Å². The van der Waals surface area contributed by atoms with Crippen LogP contribution in [0.4, 0.5) is 0 Å². The lowest BCUT2D eigenvalue weighted by Gasteiger charge is -2.20. The van der Waals surface area contributed by atoms with Crippen molar-refractivity contribution in [3.63, 3.8) is 0 Å².